The molecule has 0 aromatic heterocycles. The van der Waals surface area contributed by atoms with Crippen molar-refractivity contribution < 1.29 is 27.1 Å². The van der Waals surface area contributed by atoms with Crippen molar-refractivity contribution in [1.29, 1.82) is 0 Å². The van der Waals surface area contributed by atoms with Gasteiger partial charge in [-0.15, -0.1) is 0 Å². The first-order valence-corrected chi connectivity index (χ1v) is 10.6. The Morgan fingerprint density at radius 2 is 1.71 bits per heavy atom. The largest absolute Gasteiger partial charge is 0.452 e. The maximum absolute atomic E-state index is 13.0. The summed E-state index contributed by atoms with van der Waals surface area (Å²) in [6, 6.07) is 4.64. The zero-order valence-electron chi connectivity index (χ0n) is 16.6. The predicted molar refractivity (Wildman–Crippen MR) is 101 cm³/mol. The lowest BCUT2D eigenvalue weighted by Crippen LogP contribution is -2.47. The van der Waals surface area contributed by atoms with E-state index in [1.807, 2.05) is 20.8 Å². The van der Waals surface area contributed by atoms with Gasteiger partial charge in [0.2, 0.25) is 10.0 Å². The summed E-state index contributed by atoms with van der Waals surface area (Å²) in [5.41, 5.74) is -0.433. The summed E-state index contributed by atoms with van der Waals surface area (Å²) in [7, 11) is -3.73. The Labute approximate surface area is 165 Å². The summed E-state index contributed by atoms with van der Waals surface area (Å²) in [6.07, 6.45) is -0.326. The minimum Gasteiger partial charge on any atom is -0.452 e. The molecule has 0 radical (unpaired) electrons. The predicted octanol–water partition coefficient (Wildman–Crippen LogP) is 2.07. The number of nitrogens with one attached hydrogen (secondary N) is 1. The van der Waals surface area contributed by atoms with Gasteiger partial charge in [0.25, 0.3) is 5.91 Å². The fourth-order valence-corrected chi connectivity index (χ4v) is 4.35. The van der Waals surface area contributed by atoms with Crippen LogP contribution >= 0.6 is 0 Å². The molecule has 1 N–H and O–H groups in total. The molecule has 1 aliphatic rings. The van der Waals surface area contributed by atoms with Crippen LogP contribution in [0.4, 0.5) is 4.39 Å². The van der Waals surface area contributed by atoms with Crippen molar-refractivity contribution in [3.05, 3.63) is 30.1 Å². The van der Waals surface area contributed by atoms with Crippen LogP contribution in [0.5, 0.6) is 0 Å². The molecule has 0 spiro atoms. The molecule has 0 unspecified atom stereocenters. The van der Waals surface area contributed by atoms with Gasteiger partial charge in [-0.1, -0.05) is 0 Å². The number of amides is 1. The van der Waals surface area contributed by atoms with Crippen LogP contribution in [-0.4, -0.2) is 49.3 Å². The van der Waals surface area contributed by atoms with Crippen LogP contribution in [0.15, 0.2) is 29.2 Å². The summed E-state index contributed by atoms with van der Waals surface area (Å²) in [5.74, 6) is -1.86. The van der Waals surface area contributed by atoms with E-state index in [1.165, 1.54) is 23.4 Å². The van der Waals surface area contributed by atoms with Gasteiger partial charge in [-0.05, 0) is 64.8 Å². The first kappa shape index (κ1) is 22.3. The van der Waals surface area contributed by atoms with Crippen LogP contribution in [0.1, 0.15) is 40.5 Å². The zero-order chi connectivity index (χ0) is 21.1. The number of rotatable bonds is 5. The summed E-state index contributed by atoms with van der Waals surface area (Å²) in [5, 5.41) is 2.75. The molecule has 0 bridgehead atoms. The van der Waals surface area contributed by atoms with Crippen LogP contribution in [-0.2, 0) is 24.3 Å². The van der Waals surface area contributed by atoms with Crippen molar-refractivity contribution in [3.63, 3.8) is 0 Å². The van der Waals surface area contributed by atoms with Crippen molar-refractivity contribution >= 4 is 21.9 Å². The minimum absolute atomic E-state index is 0.0161. The zero-order valence-corrected chi connectivity index (χ0v) is 17.4. The third-order valence-corrected chi connectivity index (χ3v) is 6.31. The van der Waals surface area contributed by atoms with Gasteiger partial charge in [0.1, 0.15) is 5.82 Å². The Hall–Kier alpha value is -2.00. The lowest BCUT2D eigenvalue weighted by Gasteiger charge is -2.31. The molecule has 1 aliphatic heterocycles. The van der Waals surface area contributed by atoms with Crippen LogP contribution in [0.3, 0.4) is 0 Å². The van der Waals surface area contributed by atoms with Crippen molar-refractivity contribution in [2.45, 2.75) is 57.1 Å². The Bertz CT molecular complexity index is 810. The molecule has 1 fully saturated rings. The van der Waals surface area contributed by atoms with Crippen LogP contribution in [0, 0.1) is 11.7 Å². The number of hydrogen-bond acceptors (Lipinski definition) is 5. The second-order valence-electron chi connectivity index (χ2n) is 7.95. The van der Waals surface area contributed by atoms with Gasteiger partial charge in [0, 0.05) is 18.6 Å². The van der Waals surface area contributed by atoms with Crippen LogP contribution in [0.2, 0.25) is 0 Å². The normalized spacial score (nSPS) is 17.8. The lowest BCUT2D eigenvalue weighted by molar-refractivity contribution is -0.160. The Morgan fingerprint density at radius 3 is 2.21 bits per heavy atom. The molecule has 156 valence electrons. The maximum atomic E-state index is 13.0. The highest BCUT2D eigenvalue weighted by atomic mass is 32.2. The highest BCUT2D eigenvalue weighted by Gasteiger charge is 2.34. The number of nitrogens with zero attached hydrogens (tertiary/aromatic N) is 1. The van der Waals surface area contributed by atoms with E-state index in [0.717, 1.165) is 12.1 Å². The maximum Gasteiger partial charge on any atom is 0.309 e. The van der Waals surface area contributed by atoms with Gasteiger partial charge < -0.3 is 10.1 Å². The fraction of sp³-hybridized carbons (Fsp3) is 0.579. The van der Waals surface area contributed by atoms with Crippen molar-refractivity contribution in [2.75, 3.05) is 13.1 Å². The molecule has 0 aliphatic carbocycles. The van der Waals surface area contributed by atoms with Gasteiger partial charge in [0.15, 0.2) is 6.10 Å². The van der Waals surface area contributed by atoms with E-state index in [4.69, 9.17) is 4.74 Å². The second-order valence-corrected chi connectivity index (χ2v) is 9.89. The summed E-state index contributed by atoms with van der Waals surface area (Å²) < 4.78 is 44.8. The van der Waals surface area contributed by atoms with E-state index in [-0.39, 0.29) is 23.9 Å². The molecule has 28 heavy (non-hydrogen) atoms. The molecule has 1 aromatic carbocycles. The molecule has 1 saturated heterocycles. The molecule has 9 heteroatoms. The van der Waals surface area contributed by atoms with Gasteiger partial charge in [-0.3, -0.25) is 9.59 Å². The van der Waals surface area contributed by atoms with Crippen LogP contribution in [0.25, 0.3) is 0 Å². The van der Waals surface area contributed by atoms with E-state index >= 15 is 0 Å². The van der Waals surface area contributed by atoms with E-state index in [0.29, 0.717) is 12.8 Å². The minimum atomic E-state index is -3.73. The number of carbonyl (C=O) groups is 2. The molecule has 0 saturated carbocycles. The number of carbonyl (C=O) groups excluding carboxylic acids is 2. The number of hydrogen-bond donors (Lipinski definition) is 1. The number of sulfonamides is 1. The van der Waals surface area contributed by atoms with Crippen molar-refractivity contribution in [2.24, 2.45) is 5.92 Å². The average molecular weight is 414 g/mol. The summed E-state index contributed by atoms with van der Waals surface area (Å²) >= 11 is 0. The van der Waals surface area contributed by atoms with E-state index < -0.39 is 39.4 Å². The van der Waals surface area contributed by atoms with E-state index in [1.54, 1.807) is 0 Å². The highest BCUT2D eigenvalue weighted by Crippen LogP contribution is 2.25. The highest BCUT2D eigenvalue weighted by molar-refractivity contribution is 7.89. The number of esters is 1. The van der Waals surface area contributed by atoms with E-state index in [2.05, 4.69) is 5.32 Å². The Balaban J connectivity index is 1.91. The number of ether oxygens (including phenoxy) is 1. The molecular weight excluding hydrogens is 387 g/mol. The fourth-order valence-electron chi connectivity index (χ4n) is 2.88. The van der Waals surface area contributed by atoms with Gasteiger partial charge in [-0.2, -0.15) is 4.31 Å². The molecule has 1 amide bonds. The Morgan fingerprint density at radius 1 is 1.18 bits per heavy atom. The Kier molecular flexibility index (Phi) is 6.82. The molecule has 1 aromatic rings. The van der Waals surface area contributed by atoms with Gasteiger partial charge >= 0.3 is 5.97 Å². The van der Waals surface area contributed by atoms with Gasteiger partial charge in [-0.25, -0.2) is 12.8 Å². The first-order valence-electron chi connectivity index (χ1n) is 9.18. The number of halogens is 1. The quantitative estimate of drug-likeness (QED) is 0.745. The SMILES string of the molecule is C[C@H](OC(=O)C1CCN(S(=O)(=O)c2ccc(F)cc2)CC1)C(=O)NC(C)(C)C. The number of benzene rings is 1. The van der Waals surface area contributed by atoms with Crippen molar-refractivity contribution in [3.8, 4) is 0 Å². The number of piperidine rings is 1. The topological polar surface area (TPSA) is 92.8 Å². The molecule has 1 atom stereocenters. The van der Waals surface area contributed by atoms with Crippen LogP contribution < -0.4 is 5.32 Å². The first-order chi connectivity index (χ1) is 12.9. The monoisotopic (exact) mass is 414 g/mol. The molecule has 2 rings (SSSR count). The van der Waals surface area contributed by atoms with E-state index in [9.17, 15) is 22.4 Å². The lowest BCUT2D eigenvalue weighted by atomic mass is 9.98. The standard InChI is InChI=1S/C19H27FN2O5S/c1-13(17(23)21-19(2,3)4)27-18(24)14-9-11-22(12-10-14)28(25,26)16-7-5-15(20)6-8-16/h5-8,13-14H,9-12H2,1-4H3,(H,21,23)/t13-/m0/s1. The van der Waals surface area contributed by atoms with Gasteiger partial charge in [0.05, 0.1) is 10.8 Å². The summed E-state index contributed by atoms with van der Waals surface area (Å²) in [6.45, 7) is 7.31. The molecule has 7 nitrogen and oxygen atoms in total. The smallest absolute Gasteiger partial charge is 0.309 e. The third-order valence-electron chi connectivity index (χ3n) is 4.40. The third kappa shape index (κ3) is 5.75. The average Bonchev–Trinajstić information content (AvgIpc) is 2.60. The summed E-state index contributed by atoms with van der Waals surface area (Å²) in [4.78, 5) is 24.4. The molecule has 1 heterocycles. The second kappa shape index (κ2) is 8.57. The molecular formula is C19H27FN2O5S. The van der Waals surface area contributed by atoms with Crippen molar-refractivity contribution in [1.82, 2.24) is 9.62 Å².